The Labute approximate surface area is 99.2 Å². The van der Waals surface area contributed by atoms with Gasteiger partial charge < -0.3 is 5.73 Å². The molecule has 2 N–H and O–H groups in total. The third-order valence-electron chi connectivity index (χ3n) is 1.66. The molecule has 0 aliphatic heterocycles. The molecule has 0 fully saturated rings. The predicted molar refractivity (Wildman–Crippen MR) is 65.7 cm³/mol. The van der Waals surface area contributed by atoms with Crippen molar-refractivity contribution in [2.45, 2.75) is 5.75 Å². The molecule has 6 heteroatoms. The van der Waals surface area contributed by atoms with Crippen molar-refractivity contribution in [2.75, 3.05) is 5.75 Å². The van der Waals surface area contributed by atoms with E-state index in [2.05, 4.69) is 12.2 Å². The number of benzene rings is 1. The van der Waals surface area contributed by atoms with Crippen LogP contribution in [0.1, 0.15) is 5.56 Å². The lowest BCUT2D eigenvalue weighted by Crippen LogP contribution is -2.22. The van der Waals surface area contributed by atoms with Crippen LogP contribution in [0.4, 0.5) is 0 Å². The molecule has 0 radical (unpaired) electrons. The average Bonchev–Trinajstić information content (AvgIpc) is 2.06. The Balaban J connectivity index is 2.78. The first kappa shape index (κ1) is 12.4. The molecule has 0 saturated heterocycles. The summed E-state index contributed by atoms with van der Waals surface area (Å²) in [5.74, 6) is -0.327. The van der Waals surface area contributed by atoms with E-state index < -0.39 is 9.84 Å². The molecule has 1 aromatic carbocycles. The van der Waals surface area contributed by atoms with Gasteiger partial charge in [-0.2, -0.15) is 0 Å². The average molecular weight is 264 g/mol. The van der Waals surface area contributed by atoms with E-state index >= 15 is 0 Å². The summed E-state index contributed by atoms with van der Waals surface area (Å²) in [7, 11) is -3.26. The third-order valence-corrected chi connectivity index (χ3v) is 3.77. The first-order valence-corrected chi connectivity index (χ1v) is 6.73. The molecular weight excluding hydrogens is 254 g/mol. The molecule has 82 valence electrons. The quantitative estimate of drug-likeness (QED) is 0.838. The molecule has 3 nitrogen and oxygen atoms in total. The van der Waals surface area contributed by atoms with E-state index in [-0.39, 0.29) is 16.5 Å². The highest BCUT2D eigenvalue weighted by Gasteiger charge is 2.13. The van der Waals surface area contributed by atoms with E-state index in [0.29, 0.717) is 10.6 Å². The maximum Gasteiger partial charge on any atom is 0.160 e. The summed E-state index contributed by atoms with van der Waals surface area (Å²) in [5, 5.41) is 0.575. The van der Waals surface area contributed by atoms with Crippen molar-refractivity contribution in [3.63, 3.8) is 0 Å². The van der Waals surface area contributed by atoms with Crippen LogP contribution in [0.15, 0.2) is 24.3 Å². The predicted octanol–water partition coefficient (Wildman–Crippen LogP) is 1.54. The molecule has 1 aromatic rings. The van der Waals surface area contributed by atoms with Gasteiger partial charge in [0.1, 0.15) is 5.75 Å². The fraction of sp³-hybridized carbons (Fsp3) is 0.222. The zero-order chi connectivity index (χ0) is 11.5. The fourth-order valence-electron chi connectivity index (χ4n) is 1.10. The van der Waals surface area contributed by atoms with Crippen LogP contribution >= 0.6 is 23.8 Å². The number of halogens is 1. The van der Waals surface area contributed by atoms with Crippen LogP contribution in [0.2, 0.25) is 5.02 Å². The molecule has 15 heavy (non-hydrogen) atoms. The van der Waals surface area contributed by atoms with Crippen molar-refractivity contribution >= 4 is 38.6 Å². The van der Waals surface area contributed by atoms with Crippen LogP contribution in [0.5, 0.6) is 0 Å². The normalized spacial score (nSPS) is 11.3. The second-order valence-electron chi connectivity index (χ2n) is 3.13. The summed E-state index contributed by atoms with van der Waals surface area (Å²) in [6.07, 6.45) is 0. The van der Waals surface area contributed by atoms with Gasteiger partial charge in [0.2, 0.25) is 0 Å². The zero-order valence-corrected chi connectivity index (χ0v) is 10.2. The van der Waals surface area contributed by atoms with Crippen molar-refractivity contribution in [1.82, 2.24) is 0 Å². The Hall–Kier alpha value is -0.650. The molecule has 0 spiro atoms. The molecule has 0 amide bonds. The van der Waals surface area contributed by atoms with E-state index in [1.165, 1.54) is 0 Å². The lowest BCUT2D eigenvalue weighted by atomic mass is 10.2. The largest absolute Gasteiger partial charge is 0.392 e. The van der Waals surface area contributed by atoms with Crippen LogP contribution in [0, 0.1) is 0 Å². The van der Waals surface area contributed by atoms with Crippen LogP contribution in [-0.4, -0.2) is 19.2 Å². The first-order valence-electron chi connectivity index (χ1n) is 4.12. The monoisotopic (exact) mass is 263 g/mol. The highest BCUT2D eigenvalue weighted by atomic mass is 35.5. The molecule has 0 bridgehead atoms. The Morgan fingerprint density at radius 2 is 1.87 bits per heavy atom. The first-order chi connectivity index (χ1) is 6.89. The summed E-state index contributed by atoms with van der Waals surface area (Å²) in [6.45, 7) is 0. The Bertz CT molecular complexity index is 454. The van der Waals surface area contributed by atoms with Gasteiger partial charge >= 0.3 is 0 Å². The van der Waals surface area contributed by atoms with E-state index in [1.807, 2.05) is 0 Å². The van der Waals surface area contributed by atoms with Gasteiger partial charge in [0, 0.05) is 5.02 Å². The smallest absolute Gasteiger partial charge is 0.160 e. The lowest BCUT2D eigenvalue weighted by Gasteiger charge is -2.03. The fourth-order valence-corrected chi connectivity index (χ4v) is 3.00. The standard InChI is InChI=1S/C9H10ClNO2S2/c10-8-3-1-7(2-4-8)5-15(12,13)6-9(11)14/h1-4H,5-6H2,(H2,11,14). The van der Waals surface area contributed by atoms with E-state index in [0.717, 1.165) is 0 Å². The second kappa shape index (κ2) is 4.92. The Morgan fingerprint density at radius 1 is 1.33 bits per heavy atom. The minimum atomic E-state index is -3.26. The van der Waals surface area contributed by atoms with Crippen molar-refractivity contribution in [2.24, 2.45) is 5.73 Å². The van der Waals surface area contributed by atoms with Crippen molar-refractivity contribution in [3.05, 3.63) is 34.9 Å². The molecule has 1 rings (SSSR count). The van der Waals surface area contributed by atoms with Gasteiger partial charge in [-0.3, -0.25) is 0 Å². The maximum absolute atomic E-state index is 11.5. The third kappa shape index (κ3) is 4.59. The number of rotatable bonds is 4. The zero-order valence-electron chi connectivity index (χ0n) is 7.81. The summed E-state index contributed by atoms with van der Waals surface area (Å²) >= 11 is 10.2. The Kier molecular flexibility index (Phi) is 4.07. The molecule has 0 heterocycles. The highest BCUT2D eigenvalue weighted by molar-refractivity contribution is 7.93. The SMILES string of the molecule is NC(=S)CS(=O)(=O)Cc1ccc(Cl)cc1. The minimum Gasteiger partial charge on any atom is -0.392 e. The van der Waals surface area contributed by atoms with Gasteiger partial charge in [0.15, 0.2) is 9.84 Å². The van der Waals surface area contributed by atoms with Crippen molar-refractivity contribution in [1.29, 1.82) is 0 Å². The number of hydrogen-bond acceptors (Lipinski definition) is 3. The van der Waals surface area contributed by atoms with E-state index in [9.17, 15) is 8.42 Å². The molecule has 0 atom stereocenters. The number of hydrogen-bond donors (Lipinski definition) is 1. The van der Waals surface area contributed by atoms with Gasteiger partial charge in [0.25, 0.3) is 0 Å². The van der Waals surface area contributed by atoms with E-state index in [1.54, 1.807) is 24.3 Å². The van der Waals surface area contributed by atoms with Gasteiger partial charge in [0.05, 0.1) is 10.7 Å². The molecular formula is C9H10ClNO2S2. The summed E-state index contributed by atoms with van der Waals surface area (Å²) in [5.41, 5.74) is 5.86. The molecule has 0 aliphatic rings. The lowest BCUT2D eigenvalue weighted by molar-refractivity contribution is 0.599. The molecule has 0 aliphatic carbocycles. The van der Waals surface area contributed by atoms with Gasteiger partial charge in [-0.15, -0.1) is 0 Å². The summed E-state index contributed by atoms with van der Waals surface area (Å²) in [6, 6.07) is 6.62. The second-order valence-corrected chi connectivity index (χ2v) is 6.15. The number of sulfone groups is 1. The van der Waals surface area contributed by atoms with Crippen molar-refractivity contribution in [3.8, 4) is 0 Å². The molecule has 0 saturated carbocycles. The summed E-state index contributed by atoms with van der Waals surface area (Å²) < 4.78 is 23.0. The summed E-state index contributed by atoms with van der Waals surface area (Å²) in [4.78, 5) is -0.0102. The van der Waals surface area contributed by atoms with Crippen LogP contribution in [0.25, 0.3) is 0 Å². The van der Waals surface area contributed by atoms with Gasteiger partial charge in [-0.05, 0) is 17.7 Å². The molecule has 0 unspecified atom stereocenters. The van der Waals surface area contributed by atoms with Crippen LogP contribution in [-0.2, 0) is 15.6 Å². The molecule has 0 aromatic heterocycles. The van der Waals surface area contributed by atoms with Crippen LogP contribution < -0.4 is 5.73 Å². The Morgan fingerprint density at radius 3 is 2.33 bits per heavy atom. The maximum atomic E-state index is 11.5. The van der Waals surface area contributed by atoms with Crippen LogP contribution in [0.3, 0.4) is 0 Å². The van der Waals surface area contributed by atoms with Gasteiger partial charge in [-0.1, -0.05) is 36.0 Å². The van der Waals surface area contributed by atoms with Crippen molar-refractivity contribution < 1.29 is 8.42 Å². The number of thiocarbonyl (C=S) groups is 1. The minimum absolute atomic E-state index is 0.0102. The number of nitrogens with two attached hydrogens (primary N) is 1. The van der Waals surface area contributed by atoms with Gasteiger partial charge in [-0.25, -0.2) is 8.42 Å². The van der Waals surface area contributed by atoms with E-state index in [4.69, 9.17) is 17.3 Å². The highest BCUT2D eigenvalue weighted by Crippen LogP contribution is 2.12. The topological polar surface area (TPSA) is 60.2 Å².